The zero-order chi connectivity index (χ0) is 39.0. The Morgan fingerprint density at radius 1 is 0.241 bits per heavy atom. The van der Waals surface area contributed by atoms with Gasteiger partial charge in [0.25, 0.3) is 0 Å². The predicted molar refractivity (Wildman–Crippen MR) is 253 cm³/mol. The van der Waals surface area contributed by atoms with E-state index in [4.69, 9.17) is 0 Å². The molecule has 10 rings (SSSR count). The minimum atomic E-state index is 1.19. The lowest BCUT2D eigenvalue weighted by atomic mass is 9.80. The number of hydrogen-bond donors (Lipinski definition) is 0. The molecule has 0 amide bonds. The van der Waals surface area contributed by atoms with Gasteiger partial charge in [-0.3, -0.25) is 0 Å². The molecule has 0 nitrogen and oxygen atoms in total. The highest BCUT2D eigenvalue weighted by Gasteiger charge is 2.23. The number of fused-ring (bicyclic) bond motifs is 4. The largest absolute Gasteiger partial charge is 0.0616 e. The van der Waals surface area contributed by atoms with E-state index in [9.17, 15) is 0 Å². The molecule has 0 aromatic heterocycles. The average molecular weight is 739 g/mol. The monoisotopic (exact) mass is 738 g/mol. The van der Waals surface area contributed by atoms with Crippen molar-refractivity contribution >= 4 is 67.4 Å². The first-order valence-corrected chi connectivity index (χ1v) is 20.2. The molecule has 0 heterocycles. The van der Waals surface area contributed by atoms with Crippen LogP contribution < -0.4 is 0 Å². The summed E-state index contributed by atoms with van der Waals surface area (Å²) >= 11 is 0. The maximum absolute atomic E-state index is 2.33. The summed E-state index contributed by atoms with van der Waals surface area (Å²) in [5.41, 5.74) is 14.8. The zero-order valence-electron chi connectivity index (χ0n) is 32.8. The van der Waals surface area contributed by atoms with Crippen LogP contribution in [-0.4, -0.2) is 0 Å². The molecule has 0 N–H and O–H groups in total. The molecule has 10 aromatic carbocycles. The zero-order valence-corrected chi connectivity index (χ0v) is 32.8. The van der Waals surface area contributed by atoms with Crippen molar-refractivity contribution in [1.29, 1.82) is 0 Å². The van der Waals surface area contributed by atoms with E-state index >= 15 is 0 Å². The summed E-state index contributed by atoms with van der Waals surface area (Å²) in [6.45, 7) is 4.27. The van der Waals surface area contributed by atoms with Gasteiger partial charge in [-0.25, -0.2) is 0 Å². The molecular formula is C58H42. The van der Waals surface area contributed by atoms with Crippen LogP contribution in [0.1, 0.15) is 33.4 Å². The lowest BCUT2D eigenvalue weighted by molar-refractivity contribution is 1.46. The second-order valence-electron chi connectivity index (χ2n) is 15.3. The third-order valence-electron chi connectivity index (χ3n) is 11.6. The fraction of sp³-hybridized carbons (Fsp3) is 0.0345. The number of benzene rings is 10. The summed E-state index contributed by atoms with van der Waals surface area (Å²) in [6, 6.07) is 71.3. The van der Waals surface area contributed by atoms with Gasteiger partial charge < -0.3 is 0 Å². The molecule has 0 aliphatic carbocycles. The first-order chi connectivity index (χ1) is 28.6. The summed E-state index contributed by atoms with van der Waals surface area (Å²) in [5, 5.41) is 9.98. The topological polar surface area (TPSA) is 0 Å². The summed E-state index contributed by atoms with van der Waals surface area (Å²) in [5.74, 6) is 0. The van der Waals surface area contributed by atoms with E-state index in [1.165, 1.54) is 110 Å². The number of aryl methyl sites for hydroxylation is 2. The minimum absolute atomic E-state index is 1.19. The van der Waals surface area contributed by atoms with Crippen LogP contribution in [0.3, 0.4) is 0 Å². The SMILES string of the molecule is Cc1ccc(C=Cc2ccccc2-c2c3ccccc3c(-c3c4ccccc4c(-c4ccccc4C=Cc4ccc(C)cc4)c4ccccc34)c3ccccc23)cc1. The normalized spacial score (nSPS) is 11.8. The summed E-state index contributed by atoms with van der Waals surface area (Å²) < 4.78 is 0. The molecule has 0 radical (unpaired) electrons. The number of hydrogen-bond acceptors (Lipinski definition) is 0. The lowest BCUT2D eigenvalue weighted by Crippen LogP contribution is -1.95. The Labute approximate surface area is 340 Å². The van der Waals surface area contributed by atoms with Gasteiger partial charge in [0, 0.05) is 0 Å². The van der Waals surface area contributed by atoms with Gasteiger partial charge in [0.05, 0.1) is 0 Å². The van der Waals surface area contributed by atoms with Crippen molar-refractivity contribution in [2.24, 2.45) is 0 Å². The molecule has 0 unspecified atom stereocenters. The fourth-order valence-electron chi connectivity index (χ4n) is 8.84. The first kappa shape index (κ1) is 35.2. The lowest BCUT2D eigenvalue weighted by Gasteiger charge is -2.23. The van der Waals surface area contributed by atoms with Gasteiger partial charge in [-0.1, -0.05) is 230 Å². The molecule has 0 aliphatic heterocycles. The van der Waals surface area contributed by atoms with Crippen molar-refractivity contribution in [3.8, 4) is 33.4 Å². The van der Waals surface area contributed by atoms with Gasteiger partial charge in [-0.15, -0.1) is 0 Å². The van der Waals surface area contributed by atoms with Gasteiger partial charge in [0.15, 0.2) is 0 Å². The summed E-state index contributed by atoms with van der Waals surface area (Å²) in [6.07, 6.45) is 9.00. The van der Waals surface area contributed by atoms with Crippen LogP contribution >= 0.6 is 0 Å². The van der Waals surface area contributed by atoms with Gasteiger partial charge in [0.1, 0.15) is 0 Å². The molecule has 10 aromatic rings. The third-order valence-corrected chi connectivity index (χ3v) is 11.6. The van der Waals surface area contributed by atoms with Crippen LogP contribution in [0.4, 0.5) is 0 Å². The summed E-state index contributed by atoms with van der Waals surface area (Å²) in [4.78, 5) is 0. The van der Waals surface area contributed by atoms with Crippen molar-refractivity contribution in [3.63, 3.8) is 0 Å². The Balaban J connectivity index is 1.24. The van der Waals surface area contributed by atoms with E-state index in [0.29, 0.717) is 0 Å². The van der Waals surface area contributed by atoms with Crippen molar-refractivity contribution < 1.29 is 0 Å². The van der Waals surface area contributed by atoms with Crippen molar-refractivity contribution in [2.45, 2.75) is 13.8 Å². The minimum Gasteiger partial charge on any atom is -0.0616 e. The van der Waals surface area contributed by atoms with Crippen molar-refractivity contribution in [1.82, 2.24) is 0 Å². The third kappa shape index (κ3) is 6.30. The number of rotatable bonds is 7. The molecular weight excluding hydrogens is 697 g/mol. The highest BCUT2D eigenvalue weighted by Crippen LogP contribution is 2.50. The second-order valence-corrected chi connectivity index (χ2v) is 15.3. The van der Waals surface area contributed by atoms with Crippen LogP contribution in [0, 0.1) is 13.8 Å². The molecule has 0 saturated carbocycles. The smallest absolute Gasteiger partial charge is 0.00139 e. The van der Waals surface area contributed by atoms with Crippen LogP contribution in [0.2, 0.25) is 0 Å². The van der Waals surface area contributed by atoms with Crippen LogP contribution in [0.5, 0.6) is 0 Å². The molecule has 0 saturated heterocycles. The van der Waals surface area contributed by atoms with Crippen LogP contribution in [-0.2, 0) is 0 Å². The van der Waals surface area contributed by atoms with E-state index in [1.54, 1.807) is 0 Å². The Bertz CT molecular complexity index is 2880. The van der Waals surface area contributed by atoms with Gasteiger partial charge >= 0.3 is 0 Å². The van der Waals surface area contributed by atoms with E-state index in [1.807, 2.05) is 0 Å². The van der Waals surface area contributed by atoms with Crippen LogP contribution in [0.15, 0.2) is 194 Å². The molecule has 0 spiro atoms. The van der Waals surface area contributed by atoms with Gasteiger partial charge in [-0.2, -0.15) is 0 Å². The van der Waals surface area contributed by atoms with Gasteiger partial charge in [-0.05, 0) is 113 Å². The maximum Gasteiger partial charge on any atom is -0.00139 e. The average Bonchev–Trinajstić information content (AvgIpc) is 3.27. The molecule has 274 valence electrons. The van der Waals surface area contributed by atoms with E-state index in [0.717, 1.165) is 0 Å². The standard InChI is InChI=1S/C58H42/c1-39-27-31-41(32-28-39)35-37-43-15-3-5-17-45(43)55-47-19-7-11-23-51(47)57(52-24-12-8-20-48(52)55)58-53-25-13-9-21-49(53)56(50-22-10-14-26-54(50)58)46-18-6-4-16-44(46)38-36-42-33-29-40(2)30-34-42/h3-38H,1-2H3. The van der Waals surface area contributed by atoms with Crippen LogP contribution in [0.25, 0.3) is 101 Å². The quantitative estimate of drug-likeness (QED) is 0.113. The second kappa shape index (κ2) is 15.0. The Morgan fingerprint density at radius 2 is 0.500 bits per heavy atom. The molecule has 0 heteroatoms. The Kier molecular flexibility index (Phi) is 9.09. The van der Waals surface area contributed by atoms with E-state index < -0.39 is 0 Å². The molecule has 58 heavy (non-hydrogen) atoms. The first-order valence-electron chi connectivity index (χ1n) is 20.2. The fourth-order valence-corrected chi connectivity index (χ4v) is 8.84. The Hall–Kier alpha value is -7.28. The predicted octanol–water partition coefficient (Wildman–Crippen LogP) is 16.3. The Morgan fingerprint density at radius 3 is 0.810 bits per heavy atom. The van der Waals surface area contributed by atoms with E-state index in [2.05, 4.69) is 232 Å². The molecule has 0 fully saturated rings. The molecule has 0 aliphatic rings. The summed E-state index contributed by atoms with van der Waals surface area (Å²) in [7, 11) is 0. The highest BCUT2D eigenvalue weighted by atomic mass is 14.3. The van der Waals surface area contributed by atoms with E-state index in [-0.39, 0.29) is 0 Å². The van der Waals surface area contributed by atoms with Crippen molar-refractivity contribution in [3.05, 3.63) is 228 Å². The molecule has 0 atom stereocenters. The highest BCUT2D eigenvalue weighted by molar-refractivity contribution is 6.30. The maximum atomic E-state index is 2.33. The van der Waals surface area contributed by atoms with Gasteiger partial charge in [0.2, 0.25) is 0 Å². The van der Waals surface area contributed by atoms with Crippen molar-refractivity contribution in [2.75, 3.05) is 0 Å². The molecule has 0 bridgehead atoms.